The fourth-order valence-electron chi connectivity index (χ4n) is 2.70. The molecule has 3 aromatic rings. The molecule has 0 aliphatic carbocycles. The summed E-state index contributed by atoms with van der Waals surface area (Å²) in [6.07, 6.45) is 1.47. The topological polar surface area (TPSA) is 79.7 Å². The summed E-state index contributed by atoms with van der Waals surface area (Å²) in [6, 6.07) is 7.58. The molecule has 0 saturated carbocycles. The van der Waals surface area contributed by atoms with Crippen LogP contribution in [-0.2, 0) is 20.8 Å². The Kier molecular flexibility index (Phi) is 6.43. The third-order valence-electron chi connectivity index (χ3n) is 3.95. The van der Waals surface area contributed by atoms with Crippen LogP contribution in [0.1, 0.15) is 13.8 Å². The van der Waals surface area contributed by atoms with Gasteiger partial charge in [-0.15, -0.1) is 11.3 Å². The second kappa shape index (κ2) is 8.99. The normalized spacial score (nSPS) is 11.1. The summed E-state index contributed by atoms with van der Waals surface area (Å²) in [5.41, 5.74) is 1.41. The van der Waals surface area contributed by atoms with Gasteiger partial charge in [0.1, 0.15) is 23.7 Å². The Balaban J connectivity index is 1.88. The molecule has 0 fully saturated rings. The number of esters is 1. The lowest BCUT2D eigenvalue weighted by Gasteiger charge is -2.10. The SMILES string of the molecule is COCCOC(=O)Cn1cnc2scc(-c3ccc(OC(C)C)cc3)c2c1=O. The number of carbonyl (C=O) groups is 1. The van der Waals surface area contributed by atoms with E-state index < -0.39 is 5.97 Å². The largest absolute Gasteiger partial charge is 0.491 e. The molecule has 0 saturated heterocycles. The maximum absolute atomic E-state index is 12.9. The summed E-state index contributed by atoms with van der Waals surface area (Å²) in [5.74, 6) is 0.264. The fraction of sp³-hybridized carbons (Fsp3) is 0.350. The second-order valence-electron chi connectivity index (χ2n) is 6.41. The van der Waals surface area contributed by atoms with Gasteiger partial charge in [-0.2, -0.15) is 0 Å². The summed E-state index contributed by atoms with van der Waals surface area (Å²) in [7, 11) is 1.52. The highest BCUT2D eigenvalue weighted by molar-refractivity contribution is 7.17. The minimum atomic E-state index is -0.507. The highest BCUT2D eigenvalue weighted by Gasteiger charge is 2.15. The van der Waals surface area contributed by atoms with Crippen molar-refractivity contribution in [2.75, 3.05) is 20.3 Å². The van der Waals surface area contributed by atoms with Crippen LogP contribution in [0, 0.1) is 0 Å². The first-order chi connectivity index (χ1) is 13.5. The summed E-state index contributed by atoms with van der Waals surface area (Å²) in [4.78, 5) is 29.8. The number of thiophene rings is 1. The number of hydrogen-bond acceptors (Lipinski definition) is 7. The third-order valence-corrected chi connectivity index (χ3v) is 4.83. The van der Waals surface area contributed by atoms with E-state index >= 15 is 0 Å². The number of hydrogen-bond donors (Lipinski definition) is 0. The van der Waals surface area contributed by atoms with Crippen molar-refractivity contribution in [3.8, 4) is 16.9 Å². The van der Waals surface area contributed by atoms with Crippen molar-refractivity contribution in [2.45, 2.75) is 26.5 Å². The van der Waals surface area contributed by atoms with Crippen LogP contribution in [0.4, 0.5) is 0 Å². The lowest BCUT2D eigenvalue weighted by Crippen LogP contribution is -2.26. The standard InChI is InChI=1S/C20H22N2O5S/c1-13(2)27-15-6-4-14(5-7-15)16-11-28-19-18(16)20(24)22(12-21-19)10-17(23)26-9-8-25-3/h4-7,11-13H,8-10H2,1-3H3. The molecule has 28 heavy (non-hydrogen) atoms. The summed E-state index contributed by atoms with van der Waals surface area (Å²) < 4.78 is 16.8. The van der Waals surface area contributed by atoms with Gasteiger partial charge in [0.15, 0.2) is 0 Å². The van der Waals surface area contributed by atoms with Gasteiger partial charge in [0.2, 0.25) is 0 Å². The molecule has 0 spiro atoms. The number of fused-ring (bicyclic) bond motifs is 1. The number of rotatable bonds is 8. The first kappa shape index (κ1) is 20.0. The Bertz CT molecular complexity index is 1010. The van der Waals surface area contributed by atoms with Gasteiger partial charge in [0.05, 0.1) is 24.4 Å². The Hall–Kier alpha value is -2.71. The van der Waals surface area contributed by atoms with Crippen molar-refractivity contribution in [3.05, 3.63) is 46.3 Å². The van der Waals surface area contributed by atoms with Gasteiger partial charge < -0.3 is 14.2 Å². The molecule has 0 unspecified atom stereocenters. The van der Waals surface area contributed by atoms with E-state index in [0.717, 1.165) is 16.9 Å². The van der Waals surface area contributed by atoms with Crippen LogP contribution in [0.5, 0.6) is 5.75 Å². The Morgan fingerprint density at radius 2 is 1.96 bits per heavy atom. The molecule has 2 heterocycles. The van der Waals surface area contributed by atoms with Gasteiger partial charge >= 0.3 is 5.97 Å². The molecule has 148 valence electrons. The van der Waals surface area contributed by atoms with Gasteiger partial charge in [-0.05, 0) is 31.5 Å². The van der Waals surface area contributed by atoms with Crippen LogP contribution in [0.3, 0.4) is 0 Å². The fourth-order valence-corrected chi connectivity index (χ4v) is 3.61. The van der Waals surface area contributed by atoms with Crippen molar-refractivity contribution in [3.63, 3.8) is 0 Å². The molecule has 8 heteroatoms. The molecule has 7 nitrogen and oxygen atoms in total. The zero-order chi connectivity index (χ0) is 20.1. The maximum Gasteiger partial charge on any atom is 0.326 e. The Morgan fingerprint density at radius 1 is 1.21 bits per heavy atom. The number of methoxy groups -OCH3 is 1. The van der Waals surface area contributed by atoms with E-state index in [1.165, 1.54) is 29.3 Å². The van der Waals surface area contributed by atoms with E-state index in [1.807, 2.05) is 43.5 Å². The molecule has 0 radical (unpaired) electrons. The van der Waals surface area contributed by atoms with Crippen molar-refractivity contribution in [1.29, 1.82) is 0 Å². The van der Waals surface area contributed by atoms with Crippen LogP contribution < -0.4 is 10.3 Å². The summed E-state index contributed by atoms with van der Waals surface area (Å²) in [6.45, 7) is 4.20. The van der Waals surface area contributed by atoms with Crippen molar-refractivity contribution >= 4 is 27.5 Å². The number of aromatic nitrogens is 2. The van der Waals surface area contributed by atoms with Crippen molar-refractivity contribution in [2.24, 2.45) is 0 Å². The average Bonchev–Trinajstić information content (AvgIpc) is 3.09. The monoisotopic (exact) mass is 402 g/mol. The molecular weight excluding hydrogens is 380 g/mol. The van der Waals surface area contributed by atoms with Crippen molar-refractivity contribution < 1.29 is 19.0 Å². The van der Waals surface area contributed by atoms with E-state index in [-0.39, 0.29) is 24.8 Å². The van der Waals surface area contributed by atoms with E-state index in [9.17, 15) is 9.59 Å². The lowest BCUT2D eigenvalue weighted by atomic mass is 10.1. The second-order valence-corrected chi connectivity index (χ2v) is 7.27. The summed E-state index contributed by atoms with van der Waals surface area (Å²) >= 11 is 1.39. The zero-order valence-electron chi connectivity index (χ0n) is 16.0. The first-order valence-electron chi connectivity index (χ1n) is 8.88. The van der Waals surface area contributed by atoms with E-state index in [2.05, 4.69) is 4.98 Å². The minimum absolute atomic E-state index is 0.0906. The molecule has 0 N–H and O–H groups in total. The number of nitrogens with zero attached hydrogens (tertiary/aromatic N) is 2. The molecule has 0 aliphatic rings. The molecule has 1 aromatic carbocycles. The van der Waals surface area contributed by atoms with Gasteiger partial charge in [0, 0.05) is 18.1 Å². The quantitative estimate of drug-likeness (QED) is 0.426. The molecule has 0 amide bonds. The molecule has 0 atom stereocenters. The van der Waals surface area contributed by atoms with E-state index in [0.29, 0.717) is 16.8 Å². The van der Waals surface area contributed by atoms with Crippen LogP contribution in [0.15, 0.2) is 40.8 Å². The molecular formula is C20H22N2O5S. The molecule has 0 aliphatic heterocycles. The first-order valence-corrected chi connectivity index (χ1v) is 9.76. The molecule has 0 bridgehead atoms. The van der Waals surface area contributed by atoms with Crippen LogP contribution in [0.25, 0.3) is 21.3 Å². The van der Waals surface area contributed by atoms with Gasteiger partial charge in [-0.3, -0.25) is 14.2 Å². The van der Waals surface area contributed by atoms with Gasteiger partial charge in [-0.25, -0.2) is 4.98 Å². The van der Waals surface area contributed by atoms with Gasteiger partial charge in [0.25, 0.3) is 5.56 Å². The summed E-state index contributed by atoms with van der Waals surface area (Å²) in [5, 5.41) is 2.40. The highest BCUT2D eigenvalue weighted by Crippen LogP contribution is 2.31. The number of benzene rings is 1. The highest BCUT2D eigenvalue weighted by atomic mass is 32.1. The van der Waals surface area contributed by atoms with E-state index in [4.69, 9.17) is 14.2 Å². The predicted molar refractivity (Wildman–Crippen MR) is 108 cm³/mol. The number of carbonyl (C=O) groups excluding carboxylic acids is 1. The third kappa shape index (κ3) is 4.58. The van der Waals surface area contributed by atoms with Gasteiger partial charge in [-0.1, -0.05) is 12.1 Å². The number of ether oxygens (including phenoxy) is 3. The Labute approximate surface area is 166 Å². The van der Waals surface area contributed by atoms with Crippen LogP contribution >= 0.6 is 11.3 Å². The van der Waals surface area contributed by atoms with Crippen molar-refractivity contribution in [1.82, 2.24) is 9.55 Å². The predicted octanol–water partition coefficient (Wildman–Crippen LogP) is 3.10. The smallest absolute Gasteiger partial charge is 0.326 e. The Morgan fingerprint density at radius 3 is 2.64 bits per heavy atom. The molecule has 3 rings (SSSR count). The van der Waals surface area contributed by atoms with Crippen LogP contribution in [0.2, 0.25) is 0 Å². The zero-order valence-corrected chi connectivity index (χ0v) is 16.8. The minimum Gasteiger partial charge on any atom is -0.491 e. The average molecular weight is 402 g/mol. The lowest BCUT2D eigenvalue weighted by molar-refractivity contribution is -0.145. The van der Waals surface area contributed by atoms with E-state index in [1.54, 1.807) is 0 Å². The van der Waals surface area contributed by atoms with Crippen LogP contribution in [-0.4, -0.2) is 41.9 Å². The molecule has 2 aromatic heterocycles. The maximum atomic E-state index is 12.9.